The Morgan fingerprint density at radius 1 is 1.22 bits per heavy atom. The Hall–Kier alpha value is -1.73. The van der Waals surface area contributed by atoms with E-state index in [1.807, 2.05) is 48.7 Å². The summed E-state index contributed by atoms with van der Waals surface area (Å²) in [5.74, 6) is 1.64. The van der Waals surface area contributed by atoms with Crippen LogP contribution >= 0.6 is 0 Å². The van der Waals surface area contributed by atoms with Crippen LogP contribution in [0.3, 0.4) is 0 Å². The van der Waals surface area contributed by atoms with Gasteiger partial charge in [0.05, 0.1) is 11.8 Å². The molecule has 0 saturated carbocycles. The van der Waals surface area contributed by atoms with E-state index in [4.69, 9.17) is 0 Å². The molecule has 0 fully saturated rings. The third-order valence-corrected chi connectivity index (χ3v) is 5.87. The third-order valence-electron chi connectivity index (χ3n) is 4.22. The fourth-order valence-corrected chi connectivity index (χ4v) is 4.66. The zero-order valence-corrected chi connectivity index (χ0v) is 14.3. The van der Waals surface area contributed by atoms with E-state index in [1.165, 1.54) is 0 Å². The molecule has 1 aromatic carbocycles. The van der Waals surface area contributed by atoms with Crippen molar-refractivity contribution in [3.8, 4) is 0 Å². The van der Waals surface area contributed by atoms with Gasteiger partial charge in [0.1, 0.15) is 5.82 Å². The SMILES string of the molecule is C[C@@H](CS(=O)(=O)N[C@H](C)c1nnc2n1CCC2)c1ccccc1. The maximum atomic E-state index is 12.5. The lowest BCUT2D eigenvalue weighted by molar-refractivity contribution is 0.542. The van der Waals surface area contributed by atoms with Gasteiger partial charge in [-0.25, -0.2) is 13.1 Å². The minimum absolute atomic E-state index is 0.0579. The molecule has 0 bridgehead atoms. The second kappa shape index (κ2) is 6.41. The second-order valence-corrected chi connectivity index (χ2v) is 7.96. The van der Waals surface area contributed by atoms with Gasteiger partial charge in [0.2, 0.25) is 10.0 Å². The summed E-state index contributed by atoms with van der Waals surface area (Å²) in [6.45, 7) is 4.61. The molecule has 23 heavy (non-hydrogen) atoms. The number of aryl methyl sites for hydroxylation is 1. The van der Waals surface area contributed by atoms with E-state index >= 15 is 0 Å². The summed E-state index contributed by atoms with van der Waals surface area (Å²) in [6.07, 6.45) is 1.96. The fourth-order valence-electron chi connectivity index (χ4n) is 3.07. The number of hydrogen-bond donors (Lipinski definition) is 1. The molecule has 0 aliphatic carbocycles. The largest absolute Gasteiger partial charge is 0.314 e. The van der Waals surface area contributed by atoms with Crippen LogP contribution in [0, 0.1) is 0 Å². The highest BCUT2D eigenvalue weighted by Gasteiger charge is 2.25. The third kappa shape index (κ3) is 3.61. The van der Waals surface area contributed by atoms with Gasteiger partial charge < -0.3 is 4.57 Å². The van der Waals surface area contributed by atoms with Crippen molar-refractivity contribution in [1.82, 2.24) is 19.5 Å². The Balaban J connectivity index is 1.68. The normalized spacial score (nSPS) is 17.0. The van der Waals surface area contributed by atoms with Crippen LogP contribution in [0.5, 0.6) is 0 Å². The number of benzene rings is 1. The van der Waals surface area contributed by atoms with Crippen LogP contribution in [0.2, 0.25) is 0 Å². The highest BCUT2D eigenvalue weighted by Crippen LogP contribution is 2.21. The summed E-state index contributed by atoms with van der Waals surface area (Å²) in [7, 11) is -3.40. The molecule has 7 heteroatoms. The molecule has 6 nitrogen and oxygen atoms in total. The summed E-state index contributed by atoms with van der Waals surface area (Å²) >= 11 is 0. The van der Waals surface area contributed by atoms with Crippen molar-refractivity contribution in [3.63, 3.8) is 0 Å². The molecule has 2 heterocycles. The lowest BCUT2D eigenvalue weighted by Gasteiger charge is -2.17. The van der Waals surface area contributed by atoms with Gasteiger partial charge in [-0.05, 0) is 24.8 Å². The smallest absolute Gasteiger partial charge is 0.212 e. The molecular weight excluding hydrogens is 312 g/mol. The molecule has 124 valence electrons. The molecule has 1 aliphatic rings. The maximum Gasteiger partial charge on any atom is 0.212 e. The number of rotatable bonds is 6. The van der Waals surface area contributed by atoms with Crippen molar-refractivity contribution in [1.29, 1.82) is 0 Å². The van der Waals surface area contributed by atoms with Crippen LogP contribution < -0.4 is 4.72 Å². The summed E-state index contributed by atoms with van der Waals surface area (Å²) < 4.78 is 29.7. The zero-order chi connectivity index (χ0) is 16.4. The lowest BCUT2D eigenvalue weighted by Crippen LogP contribution is -2.32. The number of nitrogens with one attached hydrogen (secondary N) is 1. The summed E-state index contributed by atoms with van der Waals surface area (Å²) in [5, 5.41) is 8.28. The van der Waals surface area contributed by atoms with Crippen molar-refractivity contribution < 1.29 is 8.42 Å². The van der Waals surface area contributed by atoms with Crippen molar-refractivity contribution in [2.45, 2.75) is 45.2 Å². The zero-order valence-electron chi connectivity index (χ0n) is 13.4. The van der Waals surface area contributed by atoms with Crippen LogP contribution in [0.4, 0.5) is 0 Å². The number of hydrogen-bond acceptors (Lipinski definition) is 4. The van der Waals surface area contributed by atoms with Gasteiger partial charge in [-0.1, -0.05) is 37.3 Å². The second-order valence-electron chi connectivity index (χ2n) is 6.16. The molecule has 0 radical (unpaired) electrons. The first-order valence-electron chi connectivity index (χ1n) is 7.93. The number of nitrogens with zero attached hydrogens (tertiary/aromatic N) is 3. The van der Waals surface area contributed by atoms with Crippen molar-refractivity contribution >= 4 is 10.0 Å². The molecule has 0 unspecified atom stereocenters. The molecular formula is C16H22N4O2S. The Morgan fingerprint density at radius 2 is 1.96 bits per heavy atom. The first-order chi connectivity index (χ1) is 11.0. The van der Waals surface area contributed by atoms with Gasteiger partial charge in [0, 0.05) is 13.0 Å². The first kappa shape index (κ1) is 16.1. The van der Waals surface area contributed by atoms with Crippen LogP contribution in [-0.2, 0) is 23.0 Å². The maximum absolute atomic E-state index is 12.5. The first-order valence-corrected chi connectivity index (χ1v) is 9.58. The van der Waals surface area contributed by atoms with E-state index in [1.54, 1.807) is 0 Å². The summed E-state index contributed by atoms with van der Waals surface area (Å²) in [5.41, 5.74) is 1.02. The highest BCUT2D eigenvalue weighted by atomic mass is 32.2. The van der Waals surface area contributed by atoms with Gasteiger partial charge in [-0.2, -0.15) is 0 Å². The van der Waals surface area contributed by atoms with Gasteiger partial charge >= 0.3 is 0 Å². The Bertz CT molecular complexity index is 771. The topological polar surface area (TPSA) is 76.9 Å². The number of sulfonamides is 1. The number of aromatic nitrogens is 3. The average Bonchev–Trinajstić information content (AvgIpc) is 3.09. The van der Waals surface area contributed by atoms with Crippen molar-refractivity contribution in [2.75, 3.05) is 5.75 Å². The van der Waals surface area contributed by atoms with E-state index in [9.17, 15) is 8.42 Å². The van der Waals surface area contributed by atoms with E-state index < -0.39 is 10.0 Å². The summed E-state index contributed by atoms with van der Waals surface area (Å²) in [4.78, 5) is 0. The van der Waals surface area contributed by atoms with E-state index in [-0.39, 0.29) is 17.7 Å². The molecule has 0 spiro atoms. The quantitative estimate of drug-likeness (QED) is 0.876. The van der Waals surface area contributed by atoms with Crippen LogP contribution in [-0.4, -0.2) is 28.9 Å². The molecule has 1 aromatic heterocycles. The van der Waals surface area contributed by atoms with Gasteiger partial charge in [-0.3, -0.25) is 0 Å². The van der Waals surface area contributed by atoms with Gasteiger partial charge in [0.25, 0.3) is 0 Å². The predicted molar refractivity (Wildman–Crippen MR) is 88.5 cm³/mol. The molecule has 0 saturated heterocycles. The van der Waals surface area contributed by atoms with Crippen molar-refractivity contribution in [2.24, 2.45) is 0 Å². The Morgan fingerprint density at radius 3 is 2.70 bits per heavy atom. The van der Waals surface area contributed by atoms with E-state index in [0.717, 1.165) is 30.8 Å². The van der Waals surface area contributed by atoms with Crippen LogP contribution in [0.1, 0.15) is 49.4 Å². The molecule has 0 amide bonds. The highest BCUT2D eigenvalue weighted by molar-refractivity contribution is 7.89. The lowest BCUT2D eigenvalue weighted by atomic mass is 10.0. The molecule has 3 rings (SSSR count). The standard InChI is InChI=1S/C16H22N4O2S/c1-12(14-7-4-3-5-8-14)11-23(21,22)19-13(2)16-18-17-15-9-6-10-20(15)16/h3-5,7-8,12-13,19H,6,9-11H2,1-2H3/t12-,13+/m0/s1. The predicted octanol–water partition coefficient (Wildman–Crippen LogP) is 2.01. The van der Waals surface area contributed by atoms with Crippen molar-refractivity contribution in [3.05, 3.63) is 47.5 Å². The van der Waals surface area contributed by atoms with Crippen LogP contribution in [0.15, 0.2) is 30.3 Å². The Kier molecular flexibility index (Phi) is 4.50. The molecule has 1 aliphatic heterocycles. The summed E-state index contributed by atoms with van der Waals surface area (Å²) in [6, 6.07) is 9.31. The average molecular weight is 334 g/mol. The van der Waals surface area contributed by atoms with Gasteiger partial charge in [-0.15, -0.1) is 10.2 Å². The van der Waals surface area contributed by atoms with Gasteiger partial charge in [0.15, 0.2) is 5.82 Å². The Labute approximate surface area is 137 Å². The monoisotopic (exact) mass is 334 g/mol. The van der Waals surface area contributed by atoms with E-state index in [0.29, 0.717) is 5.82 Å². The number of fused-ring (bicyclic) bond motifs is 1. The molecule has 2 aromatic rings. The molecule has 1 N–H and O–H groups in total. The minimum Gasteiger partial charge on any atom is -0.314 e. The van der Waals surface area contributed by atoms with Crippen LogP contribution in [0.25, 0.3) is 0 Å². The fraction of sp³-hybridized carbons (Fsp3) is 0.500. The van der Waals surface area contributed by atoms with E-state index in [2.05, 4.69) is 14.9 Å². The minimum atomic E-state index is -3.40. The molecule has 2 atom stereocenters.